The third-order valence-electron chi connectivity index (χ3n) is 15.3. The molecule has 6 heteroatoms. The highest BCUT2D eigenvalue weighted by Crippen LogP contribution is 2.46. The third-order valence-corrected chi connectivity index (χ3v) is 15.3. The maximum atomic E-state index is 6.98. The van der Waals surface area contributed by atoms with Crippen LogP contribution in [0.3, 0.4) is 0 Å². The van der Waals surface area contributed by atoms with E-state index in [1.54, 1.807) is 0 Å². The summed E-state index contributed by atoms with van der Waals surface area (Å²) in [4.78, 5) is 4.67. The summed E-state index contributed by atoms with van der Waals surface area (Å²) in [5.74, 6) is 0.908. The predicted molar refractivity (Wildman–Crippen MR) is 308 cm³/mol. The summed E-state index contributed by atoms with van der Waals surface area (Å²) in [5, 5.41) is 12.9. The Morgan fingerprint density at radius 3 is 1.22 bits per heavy atom. The average molecular weight is 957 g/mol. The van der Waals surface area contributed by atoms with Crippen molar-refractivity contribution in [3.63, 3.8) is 0 Å². The van der Waals surface area contributed by atoms with Crippen molar-refractivity contribution in [2.24, 2.45) is 0 Å². The fourth-order valence-corrected chi connectivity index (χ4v) is 11.4. The fraction of sp³-hybridized carbons (Fsp3) is 0.0882. The lowest BCUT2D eigenvalue weighted by atomic mass is 10.0. The van der Waals surface area contributed by atoms with Gasteiger partial charge >= 0.3 is 0 Å². The quantitative estimate of drug-likeness (QED) is 0.151. The molecule has 354 valence electrons. The molecule has 11 aromatic carbocycles. The van der Waals surface area contributed by atoms with E-state index in [1.165, 1.54) is 11.1 Å². The Morgan fingerprint density at radius 1 is 0.270 bits per heavy atom. The van der Waals surface area contributed by atoms with E-state index in [1.807, 2.05) is 24.3 Å². The van der Waals surface area contributed by atoms with Crippen LogP contribution in [0, 0.1) is 0 Å². The van der Waals surface area contributed by atoms with Crippen LogP contribution in [-0.2, 0) is 0 Å². The van der Waals surface area contributed by atoms with Crippen LogP contribution in [0.5, 0.6) is 0 Å². The summed E-state index contributed by atoms with van der Waals surface area (Å²) < 4.78 is 26.3. The number of benzene rings is 11. The van der Waals surface area contributed by atoms with Gasteiger partial charge in [0.2, 0.25) is 0 Å². The van der Waals surface area contributed by atoms with Gasteiger partial charge in [0.05, 0.1) is 5.39 Å². The first-order valence-electron chi connectivity index (χ1n) is 25.6. The van der Waals surface area contributed by atoms with Gasteiger partial charge in [-0.1, -0.05) is 100 Å². The Balaban J connectivity index is 0.850. The largest absolute Gasteiger partial charge is 0.456 e. The molecule has 15 rings (SSSR count). The Morgan fingerprint density at radius 2 is 0.676 bits per heavy atom. The van der Waals surface area contributed by atoms with E-state index in [0.29, 0.717) is 11.8 Å². The molecule has 0 saturated heterocycles. The van der Waals surface area contributed by atoms with E-state index in [-0.39, 0.29) is 0 Å². The van der Waals surface area contributed by atoms with Crippen LogP contribution in [-0.4, -0.2) is 0 Å². The van der Waals surface area contributed by atoms with Crippen molar-refractivity contribution in [1.29, 1.82) is 0 Å². The van der Waals surface area contributed by atoms with Crippen LogP contribution < -0.4 is 9.80 Å². The monoisotopic (exact) mass is 956 g/mol. The second-order valence-corrected chi connectivity index (χ2v) is 20.5. The van der Waals surface area contributed by atoms with Crippen LogP contribution >= 0.6 is 0 Å². The summed E-state index contributed by atoms with van der Waals surface area (Å²) in [6, 6.07) is 73.9. The molecule has 15 aromatic rings. The van der Waals surface area contributed by atoms with Crippen molar-refractivity contribution in [2.45, 2.75) is 39.5 Å². The molecule has 0 radical (unpaired) electrons. The van der Waals surface area contributed by atoms with Gasteiger partial charge in [0.25, 0.3) is 0 Å². The first-order valence-corrected chi connectivity index (χ1v) is 25.6. The number of fused-ring (bicyclic) bond motifs is 15. The van der Waals surface area contributed by atoms with Crippen LogP contribution in [0.1, 0.15) is 50.7 Å². The third kappa shape index (κ3) is 6.64. The molecule has 4 aromatic heterocycles. The van der Waals surface area contributed by atoms with Gasteiger partial charge in [0.1, 0.15) is 44.7 Å². The average Bonchev–Trinajstić information content (AvgIpc) is 4.23. The SMILES string of the molecule is CC(C)c1ccc(N(c2ccc(C(C)C)cc2)c2ccc3cc4c(cc3c2)oc2ccc3c5cc6ccc(N(c7ccc8oc9ccccc9c8c7)c7ccc8oc9ccccc9c8c7)cc6cc5oc3c24)cc1. The van der Waals surface area contributed by atoms with Crippen molar-refractivity contribution in [3.05, 3.63) is 217 Å². The highest BCUT2D eigenvalue weighted by molar-refractivity contribution is 6.24. The molecule has 0 spiro atoms. The van der Waals surface area contributed by atoms with Gasteiger partial charge in [0.15, 0.2) is 0 Å². The highest BCUT2D eigenvalue weighted by atomic mass is 16.3. The number of para-hydroxylation sites is 2. The smallest absolute Gasteiger partial charge is 0.147 e. The molecule has 0 aliphatic rings. The second kappa shape index (κ2) is 16.1. The molecule has 0 N–H and O–H groups in total. The van der Waals surface area contributed by atoms with Crippen LogP contribution in [0.25, 0.3) is 109 Å². The van der Waals surface area contributed by atoms with Crippen molar-refractivity contribution in [3.8, 4) is 0 Å². The molecule has 0 unspecified atom stereocenters. The molecule has 0 amide bonds. The summed E-state index contributed by atoms with van der Waals surface area (Å²) >= 11 is 0. The van der Waals surface area contributed by atoms with Crippen LogP contribution in [0.2, 0.25) is 0 Å². The van der Waals surface area contributed by atoms with Gasteiger partial charge in [-0.2, -0.15) is 0 Å². The van der Waals surface area contributed by atoms with Gasteiger partial charge in [-0.05, 0) is 178 Å². The minimum atomic E-state index is 0.454. The molecule has 4 heterocycles. The molecular formula is C68H48N2O4. The van der Waals surface area contributed by atoms with E-state index >= 15 is 0 Å². The summed E-state index contributed by atoms with van der Waals surface area (Å²) in [7, 11) is 0. The first kappa shape index (κ1) is 42.4. The van der Waals surface area contributed by atoms with Crippen molar-refractivity contribution in [1.82, 2.24) is 0 Å². The summed E-state index contributed by atoms with van der Waals surface area (Å²) in [6.07, 6.45) is 0. The van der Waals surface area contributed by atoms with Crippen LogP contribution in [0.4, 0.5) is 34.1 Å². The van der Waals surface area contributed by atoms with Gasteiger partial charge in [0, 0.05) is 71.8 Å². The van der Waals surface area contributed by atoms with E-state index in [2.05, 4.69) is 219 Å². The van der Waals surface area contributed by atoms with E-state index in [4.69, 9.17) is 17.7 Å². The number of rotatable bonds is 8. The lowest BCUT2D eigenvalue weighted by Crippen LogP contribution is -2.10. The Labute approximate surface area is 425 Å². The minimum absolute atomic E-state index is 0.454. The zero-order valence-corrected chi connectivity index (χ0v) is 41.3. The van der Waals surface area contributed by atoms with Crippen molar-refractivity contribution < 1.29 is 17.7 Å². The zero-order chi connectivity index (χ0) is 49.3. The molecule has 74 heavy (non-hydrogen) atoms. The molecule has 0 atom stereocenters. The normalized spacial score (nSPS) is 12.3. The Kier molecular flexibility index (Phi) is 9.24. The molecular weight excluding hydrogens is 909 g/mol. The number of hydrogen-bond donors (Lipinski definition) is 0. The predicted octanol–water partition coefficient (Wildman–Crippen LogP) is 20.8. The van der Waals surface area contributed by atoms with Crippen molar-refractivity contribution >= 4 is 143 Å². The highest BCUT2D eigenvalue weighted by Gasteiger charge is 2.22. The standard InChI is InChI=1S/C68H48N2O4/c1-39(2)41-13-19-47(20-14-41)69(48-21-15-42(16-22-48)40(3)4)49-23-18-44-34-59-66(36-46(44)31-49)73-64-30-27-55-56-33-43-17-24-50(32-45(43)35-65(56)74-68(55)67(59)64)70(51-25-28-62-57(37-51)53-9-5-7-11-60(53)71-62)52-26-29-63-58(38-52)54-10-6-8-12-61(54)72-63/h5-40H,1-4H3. The van der Waals surface area contributed by atoms with E-state index in [9.17, 15) is 0 Å². The lowest BCUT2D eigenvalue weighted by molar-refractivity contribution is 0.663. The maximum absolute atomic E-state index is 6.98. The Hall–Kier alpha value is -9.26. The molecule has 0 aliphatic carbocycles. The molecule has 0 saturated carbocycles. The van der Waals surface area contributed by atoms with Gasteiger partial charge in [-0.3, -0.25) is 0 Å². The van der Waals surface area contributed by atoms with Gasteiger partial charge < -0.3 is 27.5 Å². The molecule has 6 nitrogen and oxygen atoms in total. The van der Waals surface area contributed by atoms with Crippen LogP contribution in [0.15, 0.2) is 224 Å². The number of nitrogens with zero attached hydrogens (tertiary/aromatic N) is 2. The van der Waals surface area contributed by atoms with Crippen molar-refractivity contribution in [2.75, 3.05) is 9.80 Å². The first-order chi connectivity index (χ1) is 36.3. The number of furan rings is 4. The number of anilines is 6. The molecule has 0 fully saturated rings. The topological polar surface area (TPSA) is 59.0 Å². The summed E-state index contributed by atoms with van der Waals surface area (Å²) in [5.41, 5.74) is 15.7. The fourth-order valence-electron chi connectivity index (χ4n) is 11.4. The maximum Gasteiger partial charge on any atom is 0.147 e. The molecule has 0 bridgehead atoms. The molecule has 0 aliphatic heterocycles. The van der Waals surface area contributed by atoms with E-state index < -0.39 is 0 Å². The summed E-state index contributed by atoms with van der Waals surface area (Å²) in [6.45, 7) is 8.95. The second-order valence-electron chi connectivity index (χ2n) is 20.5. The number of hydrogen-bond acceptors (Lipinski definition) is 6. The minimum Gasteiger partial charge on any atom is -0.456 e. The van der Waals surface area contributed by atoms with E-state index in [0.717, 1.165) is 143 Å². The Bertz CT molecular complexity index is 4570. The lowest BCUT2D eigenvalue weighted by Gasteiger charge is -2.26. The van der Waals surface area contributed by atoms with Gasteiger partial charge in [-0.15, -0.1) is 0 Å². The van der Waals surface area contributed by atoms with Gasteiger partial charge in [-0.25, -0.2) is 0 Å². The zero-order valence-electron chi connectivity index (χ0n) is 41.3.